The van der Waals surface area contributed by atoms with Crippen LogP contribution in [-0.4, -0.2) is 33.5 Å². The highest BCUT2D eigenvalue weighted by molar-refractivity contribution is 5.88. The Bertz CT molecular complexity index is 1020. The Kier molecular flexibility index (Phi) is 7.39. The van der Waals surface area contributed by atoms with Crippen LogP contribution >= 0.6 is 0 Å². The standard InChI is InChI=1S/C33H48O4/c1-5-24-28-19-23(34)14-16-33(28,4)27-15-17-32(3)25(12-13-26(32)29(27)30(24)35)20(2)8-6-9-21-10-7-11-22(18-21)31(36)37/h6-7,9-11,18,20,23-30,34-35H,5,8,12-17,19H2,1-4H3,(H,36,37)/b9-6+/t20-,23-,24-,25-,26+,27+,28+,29+,30-,32-,33-/m1/s1. The van der Waals surface area contributed by atoms with Gasteiger partial charge in [0.2, 0.25) is 0 Å². The van der Waals surface area contributed by atoms with Crippen LogP contribution in [0.2, 0.25) is 0 Å². The number of hydrogen-bond acceptors (Lipinski definition) is 3. The molecule has 0 unspecified atom stereocenters. The second kappa shape index (κ2) is 10.2. The zero-order valence-corrected chi connectivity index (χ0v) is 23.3. The Morgan fingerprint density at radius 3 is 2.51 bits per heavy atom. The first kappa shape index (κ1) is 26.9. The van der Waals surface area contributed by atoms with Crippen LogP contribution < -0.4 is 0 Å². The molecule has 1 aromatic carbocycles. The molecule has 3 N–H and O–H groups in total. The highest BCUT2D eigenvalue weighted by Gasteiger charge is 2.64. The second-order valence-electron chi connectivity index (χ2n) is 13.7. The predicted molar refractivity (Wildman–Crippen MR) is 148 cm³/mol. The fourth-order valence-corrected chi connectivity index (χ4v) is 10.3. The van der Waals surface area contributed by atoms with Crippen LogP contribution in [0.4, 0.5) is 0 Å². The van der Waals surface area contributed by atoms with E-state index in [4.69, 9.17) is 0 Å². The first-order valence-corrected chi connectivity index (χ1v) is 15.0. The molecule has 1 aromatic rings. The summed E-state index contributed by atoms with van der Waals surface area (Å²) in [5.41, 5.74) is 1.80. The van der Waals surface area contributed by atoms with Gasteiger partial charge in [0, 0.05) is 0 Å². The topological polar surface area (TPSA) is 77.8 Å². The van der Waals surface area contributed by atoms with Crippen molar-refractivity contribution in [2.75, 3.05) is 0 Å². The second-order valence-corrected chi connectivity index (χ2v) is 13.7. The summed E-state index contributed by atoms with van der Waals surface area (Å²) in [7, 11) is 0. The SMILES string of the molecule is CC[C@H]1[C@@H](O)[C@@H]2[C@H](CC[C@]3(C)[C@@H]([C@H](C)C/C=C/c4cccc(C(=O)O)c4)CC[C@@H]23)[C@@]2(C)CC[C@@H](O)C[C@@H]12. The zero-order valence-electron chi connectivity index (χ0n) is 23.3. The van der Waals surface area contributed by atoms with Crippen LogP contribution in [0.1, 0.15) is 101 Å². The maximum atomic E-state index is 11.9. The van der Waals surface area contributed by atoms with Gasteiger partial charge in [-0.3, -0.25) is 0 Å². The largest absolute Gasteiger partial charge is 0.478 e. The number of carboxylic acid groups (broad SMARTS) is 1. The van der Waals surface area contributed by atoms with Gasteiger partial charge >= 0.3 is 5.97 Å². The van der Waals surface area contributed by atoms with E-state index in [1.807, 2.05) is 12.1 Å². The van der Waals surface area contributed by atoms with Crippen molar-refractivity contribution in [3.8, 4) is 0 Å². The Morgan fingerprint density at radius 2 is 1.78 bits per heavy atom. The van der Waals surface area contributed by atoms with Crippen molar-refractivity contribution in [3.05, 3.63) is 41.5 Å². The van der Waals surface area contributed by atoms with Gasteiger partial charge in [0.1, 0.15) is 0 Å². The highest BCUT2D eigenvalue weighted by atomic mass is 16.4. The van der Waals surface area contributed by atoms with E-state index < -0.39 is 5.97 Å². The van der Waals surface area contributed by atoms with Crippen molar-refractivity contribution >= 4 is 12.0 Å². The third-order valence-electron chi connectivity index (χ3n) is 12.1. The van der Waals surface area contributed by atoms with Gasteiger partial charge in [0.25, 0.3) is 0 Å². The number of aliphatic hydroxyl groups is 2. The van der Waals surface area contributed by atoms with E-state index >= 15 is 0 Å². The first-order chi connectivity index (χ1) is 17.6. The van der Waals surface area contributed by atoms with Gasteiger partial charge in [-0.15, -0.1) is 0 Å². The average molecular weight is 509 g/mol. The number of carboxylic acids is 1. The van der Waals surface area contributed by atoms with Crippen molar-refractivity contribution in [1.82, 2.24) is 0 Å². The lowest BCUT2D eigenvalue weighted by Crippen LogP contribution is -2.62. The molecule has 4 aliphatic rings. The van der Waals surface area contributed by atoms with Gasteiger partial charge in [0.05, 0.1) is 17.8 Å². The maximum Gasteiger partial charge on any atom is 0.335 e. The van der Waals surface area contributed by atoms with E-state index in [2.05, 4.69) is 39.8 Å². The number of carbonyl (C=O) groups is 1. The molecule has 4 saturated carbocycles. The molecule has 0 amide bonds. The summed E-state index contributed by atoms with van der Waals surface area (Å²) in [5.74, 6) is 2.64. The summed E-state index contributed by atoms with van der Waals surface area (Å²) < 4.78 is 0. The number of allylic oxidation sites excluding steroid dienone is 1. The quantitative estimate of drug-likeness (QED) is 0.385. The molecule has 0 aliphatic heterocycles. The lowest BCUT2D eigenvalue weighted by molar-refractivity contribution is -0.203. The molecule has 4 aliphatic carbocycles. The third-order valence-corrected chi connectivity index (χ3v) is 12.1. The first-order valence-electron chi connectivity index (χ1n) is 15.0. The molecular formula is C33H48O4. The fourth-order valence-electron chi connectivity index (χ4n) is 10.3. The fraction of sp³-hybridized carbons (Fsp3) is 0.727. The number of rotatable bonds is 6. The number of fused-ring (bicyclic) bond motifs is 5. The van der Waals surface area contributed by atoms with Gasteiger partial charge in [-0.2, -0.15) is 0 Å². The molecule has 4 nitrogen and oxygen atoms in total. The molecule has 0 radical (unpaired) electrons. The van der Waals surface area contributed by atoms with E-state index in [0.29, 0.717) is 47.0 Å². The smallest absolute Gasteiger partial charge is 0.335 e. The molecule has 204 valence electrons. The van der Waals surface area contributed by atoms with Crippen molar-refractivity contribution in [2.24, 2.45) is 52.3 Å². The van der Waals surface area contributed by atoms with E-state index in [1.54, 1.807) is 12.1 Å². The summed E-state index contributed by atoms with van der Waals surface area (Å²) in [4.78, 5) is 11.3. The van der Waals surface area contributed by atoms with Crippen molar-refractivity contribution < 1.29 is 20.1 Å². The van der Waals surface area contributed by atoms with Crippen LogP contribution in [0.5, 0.6) is 0 Å². The van der Waals surface area contributed by atoms with Crippen LogP contribution in [0, 0.1) is 52.3 Å². The monoisotopic (exact) mass is 508 g/mol. The van der Waals surface area contributed by atoms with Crippen molar-refractivity contribution in [2.45, 2.75) is 97.7 Å². The summed E-state index contributed by atoms with van der Waals surface area (Å²) >= 11 is 0. The summed E-state index contributed by atoms with van der Waals surface area (Å²) in [6, 6.07) is 7.16. The molecule has 0 saturated heterocycles. The number of aromatic carboxylic acids is 1. The molecule has 0 bridgehead atoms. The maximum absolute atomic E-state index is 11.9. The lowest BCUT2D eigenvalue weighted by Gasteiger charge is -2.64. The third kappa shape index (κ3) is 4.50. The van der Waals surface area contributed by atoms with Gasteiger partial charge in [-0.25, -0.2) is 4.79 Å². The van der Waals surface area contributed by atoms with Gasteiger partial charge in [-0.1, -0.05) is 58.4 Å². The zero-order chi connectivity index (χ0) is 26.5. The van der Waals surface area contributed by atoms with E-state index in [9.17, 15) is 20.1 Å². The minimum absolute atomic E-state index is 0.193. The molecule has 37 heavy (non-hydrogen) atoms. The lowest BCUT2D eigenvalue weighted by atomic mass is 9.41. The summed E-state index contributed by atoms with van der Waals surface area (Å²) in [6.07, 6.45) is 13.7. The van der Waals surface area contributed by atoms with Gasteiger partial charge in [0.15, 0.2) is 0 Å². The number of aliphatic hydroxyl groups excluding tert-OH is 2. The Morgan fingerprint density at radius 1 is 1.05 bits per heavy atom. The molecule has 0 heterocycles. The summed E-state index contributed by atoms with van der Waals surface area (Å²) in [5, 5.41) is 31.7. The van der Waals surface area contributed by atoms with E-state index in [0.717, 1.165) is 37.7 Å². The predicted octanol–water partition coefficient (Wildman–Crippen LogP) is 7.05. The molecular weight excluding hydrogens is 460 g/mol. The molecule has 0 spiro atoms. The molecule has 4 fully saturated rings. The molecule has 11 atom stereocenters. The number of benzene rings is 1. The molecule has 0 aromatic heterocycles. The average Bonchev–Trinajstić information content (AvgIpc) is 3.22. The number of hydrogen-bond donors (Lipinski definition) is 3. The van der Waals surface area contributed by atoms with Crippen molar-refractivity contribution in [3.63, 3.8) is 0 Å². The Labute approximate surface area is 223 Å². The summed E-state index contributed by atoms with van der Waals surface area (Å²) in [6.45, 7) is 9.69. The normalized spacial score (nSPS) is 44.2. The Balaban J connectivity index is 1.33. The van der Waals surface area contributed by atoms with Gasteiger partial charge in [-0.05, 0) is 121 Å². The van der Waals surface area contributed by atoms with Crippen LogP contribution in [0.15, 0.2) is 30.3 Å². The van der Waals surface area contributed by atoms with Gasteiger partial charge < -0.3 is 15.3 Å². The highest BCUT2D eigenvalue weighted by Crippen LogP contribution is 2.69. The minimum atomic E-state index is -0.885. The molecule has 4 heteroatoms. The Hall–Kier alpha value is -1.65. The van der Waals surface area contributed by atoms with Crippen LogP contribution in [0.3, 0.4) is 0 Å². The van der Waals surface area contributed by atoms with Crippen LogP contribution in [-0.2, 0) is 0 Å². The minimum Gasteiger partial charge on any atom is -0.478 e. The van der Waals surface area contributed by atoms with Crippen LogP contribution in [0.25, 0.3) is 6.08 Å². The molecule has 5 rings (SSSR count). The van der Waals surface area contributed by atoms with E-state index in [1.165, 1.54) is 25.7 Å². The van der Waals surface area contributed by atoms with E-state index in [-0.39, 0.29) is 23.0 Å². The van der Waals surface area contributed by atoms with Crippen molar-refractivity contribution in [1.29, 1.82) is 0 Å².